The average molecular weight is 232 g/mol. The molecule has 0 spiro atoms. The largest absolute Gasteiger partial charge is 0.465 e. The third-order valence-electron chi connectivity index (χ3n) is 2.26. The third kappa shape index (κ3) is 2.13. The van der Waals surface area contributed by atoms with Gasteiger partial charge in [0.15, 0.2) is 0 Å². The van der Waals surface area contributed by atoms with Crippen LogP contribution in [0.15, 0.2) is 36.8 Å². The molecule has 0 radical (unpaired) electrons. The van der Waals surface area contributed by atoms with Gasteiger partial charge >= 0.3 is 5.97 Å². The number of nitrogens with zero attached hydrogens (tertiary/aromatic N) is 2. The van der Waals surface area contributed by atoms with Gasteiger partial charge in [-0.05, 0) is 12.1 Å². The first-order chi connectivity index (χ1) is 8.24. The molecular weight excluding hydrogens is 223 g/mol. The zero-order valence-corrected chi connectivity index (χ0v) is 9.05. The summed E-state index contributed by atoms with van der Waals surface area (Å²) in [5.74, 6) is -1.33. The summed E-state index contributed by atoms with van der Waals surface area (Å²) < 4.78 is 18.3. The zero-order valence-electron chi connectivity index (χ0n) is 9.05. The molecule has 0 atom stereocenters. The van der Waals surface area contributed by atoms with Crippen LogP contribution in [0.2, 0.25) is 0 Å². The number of pyridine rings is 2. The smallest absolute Gasteiger partial charge is 0.338 e. The van der Waals surface area contributed by atoms with Crippen LogP contribution in [-0.2, 0) is 4.74 Å². The van der Waals surface area contributed by atoms with E-state index in [2.05, 4.69) is 14.7 Å². The van der Waals surface area contributed by atoms with Crippen molar-refractivity contribution in [2.45, 2.75) is 0 Å². The molecule has 5 heteroatoms. The fourth-order valence-corrected chi connectivity index (χ4v) is 1.50. The fourth-order valence-electron chi connectivity index (χ4n) is 1.50. The normalized spacial score (nSPS) is 10.0. The maximum Gasteiger partial charge on any atom is 0.338 e. The molecule has 2 rings (SSSR count). The van der Waals surface area contributed by atoms with E-state index < -0.39 is 11.9 Å². The number of halogens is 1. The van der Waals surface area contributed by atoms with E-state index in [0.717, 1.165) is 0 Å². The Morgan fingerprint density at radius 1 is 1.35 bits per heavy atom. The van der Waals surface area contributed by atoms with E-state index in [1.54, 1.807) is 18.3 Å². The highest BCUT2D eigenvalue weighted by molar-refractivity contribution is 5.96. The van der Waals surface area contributed by atoms with Crippen LogP contribution < -0.4 is 0 Å². The molecule has 0 saturated heterocycles. The number of ether oxygens (including phenoxy) is 1. The molecule has 0 N–H and O–H groups in total. The van der Waals surface area contributed by atoms with Gasteiger partial charge in [-0.3, -0.25) is 4.98 Å². The quantitative estimate of drug-likeness (QED) is 0.587. The lowest BCUT2D eigenvalue weighted by molar-refractivity contribution is 0.0601. The van der Waals surface area contributed by atoms with Crippen LogP contribution in [0, 0.1) is 5.95 Å². The molecule has 0 amide bonds. The fraction of sp³-hybridized carbons (Fsp3) is 0.0833. The zero-order chi connectivity index (χ0) is 12.3. The van der Waals surface area contributed by atoms with Crippen molar-refractivity contribution in [1.82, 2.24) is 9.97 Å². The van der Waals surface area contributed by atoms with Crippen LogP contribution in [0.3, 0.4) is 0 Å². The molecule has 2 heterocycles. The summed E-state index contributed by atoms with van der Waals surface area (Å²) >= 11 is 0. The van der Waals surface area contributed by atoms with Crippen molar-refractivity contribution in [3.8, 4) is 11.1 Å². The first-order valence-corrected chi connectivity index (χ1v) is 4.87. The van der Waals surface area contributed by atoms with E-state index in [4.69, 9.17) is 0 Å². The molecule has 0 saturated carbocycles. The second kappa shape index (κ2) is 4.69. The van der Waals surface area contributed by atoms with Gasteiger partial charge in [0.05, 0.1) is 18.2 Å². The van der Waals surface area contributed by atoms with Crippen molar-refractivity contribution in [2.24, 2.45) is 0 Å². The minimum Gasteiger partial charge on any atom is -0.465 e. The van der Waals surface area contributed by atoms with Crippen molar-refractivity contribution >= 4 is 5.97 Å². The standard InChI is InChI=1S/C12H9FN2O2/c1-17-12(16)9-4-6-15-11(13)10(9)8-3-2-5-14-7-8/h2-7H,1H3. The lowest BCUT2D eigenvalue weighted by Gasteiger charge is -2.07. The van der Waals surface area contributed by atoms with Crippen molar-refractivity contribution in [1.29, 1.82) is 0 Å². The highest BCUT2D eigenvalue weighted by Crippen LogP contribution is 2.25. The number of rotatable bonds is 2. The van der Waals surface area contributed by atoms with Gasteiger partial charge in [0.1, 0.15) is 0 Å². The molecule has 86 valence electrons. The van der Waals surface area contributed by atoms with Gasteiger partial charge in [0.2, 0.25) is 5.95 Å². The molecule has 0 unspecified atom stereocenters. The monoisotopic (exact) mass is 232 g/mol. The Morgan fingerprint density at radius 3 is 2.82 bits per heavy atom. The predicted octanol–water partition coefficient (Wildman–Crippen LogP) is 2.07. The maximum absolute atomic E-state index is 13.7. The highest BCUT2D eigenvalue weighted by Gasteiger charge is 2.18. The molecule has 4 nitrogen and oxygen atoms in total. The van der Waals surface area contributed by atoms with Gasteiger partial charge in [-0.15, -0.1) is 0 Å². The highest BCUT2D eigenvalue weighted by atomic mass is 19.1. The minimum absolute atomic E-state index is 0.104. The number of esters is 1. The summed E-state index contributed by atoms with van der Waals surface area (Å²) in [7, 11) is 1.24. The van der Waals surface area contributed by atoms with E-state index >= 15 is 0 Å². The second-order valence-corrected chi connectivity index (χ2v) is 3.26. The summed E-state index contributed by atoms with van der Waals surface area (Å²) in [5, 5.41) is 0. The molecule has 2 aromatic rings. The third-order valence-corrected chi connectivity index (χ3v) is 2.26. The average Bonchev–Trinajstić information content (AvgIpc) is 2.38. The van der Waals surface area contributed by atoms with E-state index in [-0.39, 0.29) is 11.1 Å². The summed E-state index contributed by atoms with van der Waals surface area (Å²) in [6.45, 7) is 0. The van der Waals surface area contributed by atoms with Gasteiger partial charge < -0.3 is 4.74 Å². The van der Waals surface area contributed by atoms with E-state index in [1.165, 1.54) is 25.6 Å². The summed E-state index contributed by atoms with van der Waals surface area (Å²) in [5.41, 5.74) is 0.721. The number of methoxy groups -OCH3 is 1. The van der Waals surface area contributed by atoms with Crippen LogP contribution in [0.25, 0.3) is 11.1 Å². The number of hydrogen-bond donors (Lipinski definition) is 0. The first kappa shape index (κ1) is 11.2. The number of aromatic nitrogens is 2. The molecule has 0 aliphatic heterocycles. The van der Waals surface area contributed by atoms with Gasteiger partial charge in [0, 0.05) is 24.2 Å². The molecule has 17 heavy (non-hydrogen) atoms. The van der Waals surface area contributed by atoms with Gasteiger partial charge in [-0.1, -0.05) is 6.07 Å². The number of carbonyl (C=O) groups is 1. The number of hydrogen-bond acceptors (Lipinski definition) is 4. The molecule has 0 aliphatic carbocycles. The van der Waals surface area contributed by atoms with Crippen LogP contribution in [0.5, 0.6) is 0 Å². The lowest BCUT2D eigenvalue weighted by Crippen LogP contribution is -2.06. The van der Waals surface area contributed by atoms with Gasteiger partial charge in [-0.2, -0.15) is 4.39 Å². The van der Waals surface area contributed by atoms with Crippen LogP contribution in [-0.4, -0.2) is 23.0 Å². The Balaban J connectivity index is 2.64. The second-order valence-electron chi connectivity index (χ2n) is 3.26. The van der Waals surface area contributed by atoms with Crippen molar-refractivity contribution in [3.63, 3.8) is 0 Å². The topological polar surface area (TPSA) is 52.1 Å². The molecular formula is C12H9FN2O2. The summed E-state index contributed by atoms with van der Waals surface area (Å²) in [6, 6.07) is 4.72. The van der Waals surface area contributed by atoms with Crippen molar-refractivity contribution < 1.29 is 13.9 Å². The molecule has 2 aromatic heterocycles. The minimum atomic E-state index is -0.721. The Kier molecular flexibility index (Phi) is 3.09. The van der Waals surface area contributed by atoms with E-state index in [0.29, 0.717) is 5.56 Å². The lowest BCUT2D eigenvalue weighted by atomic mass is 10.0. The molecule has 0 aliphatic rings. The van der Waals surface area contributed by atoms with Crippen molar-refractivity contribution in [3.05, 3.63) is 48.3 Å². The van der Waals surface area contributed by atoms with Crippen LogP contribution in [0.4, 0.5) is 4.39 Å². The maximum atomic E-state index is 13.7. The summed E-state index contributed by atoms with van der Waals surface area (Å²) in [6.07, 6.45) is 4.25. The number of carbonyl (C=O) groups excluding carboxylic acids is 1. The molecule has 0 bridgehead atoms. The predicted molar refractivity (Wildman–Crippen MR) is 58.8 cm³/mol. The Morgan fingerprint density at radius 2 is 2.18 bits per heavy atom. The Hall–Kier alpha value is -2.30. The summed E-state index contributed by atoms with van der Waals surface area (Å²) in [4.78, 5) is 18.9. The van der Waals surface area contributed by atoms with Crippen LogP contribution >= 0.6 is 0 Å². The van der Waals surface area contributed by atoms with Gasteiger partial charge in [0.25, 0.3) is 0 Å². The Bertz CT molecular complexity index is 543. The van der Waals surface area contributed by atoms with Gasteiger partial charge in [-0.25, -0.2) is 9.78 Å². The van der Waals surface area contributed by atoms with E-state index in [1.807, 2.05) is 0 Å². The first-order valence-electron chi connectivity index (χ1n) is 4.87. The van der Waals surface area contributed by atoms with E-state index in [9.17, 15) is 9.18 Å². The van der Waals surface area contributed by atoms with Crippen molar-refractivity contribution in [2.75, 3.05) is 7.11 Å². The SMILES string of the molecule is COC(=O)c1ccnc(F)c1-c1cccnc1. The Labute approximate surface area is 97.1 Å². The molecule has 0 fully saturated rings. The molecule has 0 aromatic carbocycles. The van der Waals surface area contributed by atoms with Crippen LogP contribution in [0.1, 0.15) is 10.4 Å².